The minimum Gasteiger partial charge on any atom is -0.383 e. The van der Waals surface area contributed by atoms with E-state index in [0.717, 1.165) is 15.6 Å². The minimum absolute atomic E-state index is 0.150. The standard InChI is InChI=1S/C19H12BrCl2N3/c1-10-16(17-14(21)3-2-4-15(17)22)13(9-23)19(24)25-18(10)11-5-7-12(20)8-6-11/h2-8H,1H3,(H2,24,25). The lowest BCUT2D eigenvalue weighted by molar-refractivity contribution is 1.26. The molecule has 0 atom stereocenters. The van der Waals surface area contributed by atoms with E-state index in [9.17, 15) is 5.26 Å². The molecule has 1 aromatic heterocycles. The van der Waals surface area contributed by atoms with Gasteiger partial charge in [0, 0.05) is 31.2 Å². The van der Waals surface area contributed by atoms with Crippen molar-refractivity contribution in [1.82, 2.24) is 4.98 Å². The Balaban J connectivity index is 2.39. The molecule has 124 valence electrons. The summed E-state index contributed by atoms with van der Waals surface area (Å²) in [7, 11) is 0. The van der Waals surface area contributed by atoms with Gasteiger partial charge in [0.1, 0.15) is 17.5 Å². The summed E-state index contributed by atoms with van der Waals surface area (Å²) < 4.78 is 0.963. The Kier molecular flexibility index (Phi) is 5.01. The van der Waals surface area contributed by atoms with Crippen molar-refractivity contribution in [2.45, 2.75) is 6.92 Å². The number of hydrogen-bond acceptors (Lipinski definition) is 3. The van der Waals surface area contributed by atoms with Crippen molar-refractivity contribution in [1.29, 1.82) is 5.26 Å². The van der Waals surface area contributed by atoms with Crippen LogP contribution < -0.4 is 5.73 Å². The Morgan fingerprint density at radius 1 is 1.04 bits per heavy atom. The summed E-state index contributed by atoms with van der Waals surface area (Å²) in [6, 6.07) is 15.1. The van der Waals surface area contributed by atoms with Gasteiger partial charge in [0.2, 0.25) is 0 Å². The second-order valence-electron chi connectivity index (χ2n) is 5.44. The number of nitrogen functional groups attached to an aromatic ring is 1. The summed E-state index contributed by atoms with van der Waals surface area (Å²) >= 11 is 16.2. The molecule has 0 bridgehead atoms. The minimum atomic E-state index is 0.150. The molecule has 0 fully saturated rings. The maximum absolute atomic E-state index is 9.60. The van der Waals surface area contributed by atoms with Crippen LogP contribution in [0.4, 0.5) is 5.82 Å². The number of benzene rings is 2. The van der Waals surface area contributed by atoms with Crippen molar-refractivity contribution >= 4 is 44.9 Å². The van der Waals surface area contributed by atoms with E-state index in [-0.39, 0.29) is 11.4 Å². The molecule has 6 heteroatoms. The van der Waals surface area contributed by atoms with Crippen LogP contribution in [0.3, 0.4) is 0 Å². The monoisotopic (exact) mass is 431 g/mol. The van der Waals surface area contributed by atoms with Crippen LogP contribution in [0.2, 0.25) is 10.0 Å². The van der Waals surface area contributed by atoms with Crippen LogP contribution in [0.1, 0.15) is 11.1 Å². The van der Waals surface area contributed by atoms with Gasteiger partial charge < -0.3 is 5.73 Å². The van der Waals surface area contributed by atoms with Gasteiger partial charge >= 0.3 is 0 Å². The highest BCUT2D eigenvalue weighted by Crippen LogP contribution is 2.42. The fourth-order valence-corrected chi connectivity index (χ4v) is 3.60. The highest BCUT2D eigenvalue weighted by molar-refractivity contribution is 9.10. The topological polar surface area (TPSA) is 62.7 Å². The summed E-state index contributed by atoms with van der Waals surface area (Å²) in [6.07, 6.45) is 0. The molecule has 2 N–H and O–H groups in total. The van der Waals surface area contributed by atoms with Gasteiger partial charge in [-0.3, -0.25) is 0 Å². The van der Waals surface area contributed by atoms with Crippen molar-refractivity contribution < 1.29 is 0 Å². The zero-order valence-corrected chi connectivity index (χ0v) is 16.2. The summed E-state index contributed by atoms with van der Waals surface area (Å²) in [4.78, 5) is 4.44. The summed E-state index contributed by atoms with van der Waals surface area (Å²) in [5, 5.41) is 10.5. The number of anilines is 1. The predicted molar refractivity (Wildman–Crippen MR) is 107 cm³/mol. The average Bonchev–Trinajstić information content (AvgIpc) is 2.58. The molecule has 0 saturated heterocycles. The third-order valence-electron chi connectivity index (χ3n) is 3.91. The average molecular weight is 433 g/mol. The predicted octanol–water partition coefficient (Wildman–Crippen LogP) is 6.25. The van der Waals surface area contributed by atoms with E-state index >= 15 is 0 Å². The Bertz CT molecular complexity index is 988. The molecular formula is C19H12BrCl2N3. The smallest absolute Gasteiger partial charge is 0.142 e. The Morgan fingerprint density at radius 3 is 2.20 bits per heavy atom. The summed E-state index contributed by atoms with van der Waals surface area (Å²) in [6.45, 7) is 1.89. The second kappa shape index (κ2) is 7.05. The number of aromatic nitrogens is 1. The van der Waals surface area contributed by atoms with E-state index in [1.165, 1.54) is 0 Å². The Morgan fingerprint density at radius 2 is 1.64 bits per heavy atom. The molecule has 3 aromatic rings. The molecule has 0 aliphatic rings. The van der Waals surface area contributed by atoms with Gasteiger partial charge in [-0.05, 0) is 36.8 Å². The van der Waals surface area contributed by atoms with Gasteiger partial charge in [0.15, 0.2) is 0 Å². The van der Waals surface area contributed by atoms with E-state index in [2.05, 4.69) is 27.0 Å². The molecule has 3 rings (SSSR count). The number of nitrogens with zero attached hydrogens (tertiary/aromatic N) is 2. The third kappa shape index (κ3) is 3.23. The lowest BCUT2D eigenvalue weighted by Gasteiger charge is -2.17. The van der Waals surface area contributed by atoms with E-state index in [1.807, 2.05) is 31.2 Å². The second-order valence-corrected chi connectivity index (χ2v) is 7.17. The van der Waals surface area contributed by atoms with Crippen LogP contribution in [-0.4, -0.2) is 4.98 Å². The lowest BCUT2D eigenvalue weighted by atomic mass is 9.92. The summed E-state index contributed by atoms with van der Waals surface area (Å²) in [5.74, 6) is 0.150. The quantitative estimate of drug-likeness (QED) is 0.520. The molecule has 3 nitrogen and oxygen atoms in total. The molecular weight excluding hydrogens is 421 g/mol. The number of nitriles is 1. The van der Waals surface area contributed by atoms with Crippen LogP contribution in [0.15, 0.2) is 46.9 Å². The zero-order chi connectivity index (χ0) is 18.1. The van der Waals surface area contributed by atoms with Crippen LogP contribution in [0.5, 0.6) is 0 Å². The Hall–Kier alpha value is -2.06. The first-order valence-corrected chi connectivity index (χ1v) is 8.89. The first-order chi connectivity index (χ1) is 11.9. The zero-order valence-electron chi connectivity index (χ0n) is 13.1. The van der Waals surface area contributed by atoms with Crippen LogP contribution >= 0.6 is 39.1 Å². The molecule has 0 radical (unpaired) electrons. The fourth-order valence-electron chi connectivity index (χ4n) is 2.75. The number of halogens is 3. The van der Waals surface area contributed by atoms with Crippen molar-refractivity contribution in [3.05, 3.63) is 68.1 Å². The number of hydrogen-bond donors (Lipinski definition) is 1. The van der Waals surface area contributed by atoms with Crippen LogP contribution in [-0.2, 0) is 0 Å². The van der Waals surface area contributed by atoms with Gasteiger partial charge in [-0.15, -0.1) is 0 Å². The maximum Gasteiger partial charge on any atom is 0.142 e. The SMILES string of the molecule is Cc1c(-c2ccc(Br)cc2)nc(N)c(C#N)c1-c1c(Cl)cccc1Cl. The molecule has 0 aliphatic carbocycles. The van der Waals surface area contributed by atoms with Crippen molar-refractivity contribution in [2.24, 2.45) is 0 Å². The van der Waals surface area contributed by atoms with Crippen molar-refractivity contribution in [3.8, 4) is 28.5 Å². The largest absolute Gasteiger partial charge is 0.383 e. The first kappa shape index (κ1) is 17.8. The van der Waals surface area contributed by atoms with E-state index in [1.54, 1.807) is 18.2 Å². The van der Waals surface area contributed by atoms with E-state index < -0.39 is 0 Å². The maximum atomic E-state index is 9.60. The third-order valence-corrected chi connectivity index (χ3v) is 5.07. The normalized spacial score (nSPS) is 10.5. The number of pyridine rings is 1. The molecule has 25 heavy (non-hydrogen) atoms. The van der Waals surface area contributed by atoms with Gasteiger partial charge in [-0.2, -0.15) is 5.26 Å². The molecule has 0 unspecified atom stereocenters. The van der Waals surface area contributed by atoms with E-state index in [4.69, 9.17) is 28.9 Å². The van der Waals surface area contributed by atoms with Gasteiger partial charge in [0.05, 0.1) is 5.69 Å². The summed E-state index contributed by atoms with van der Waals surface area (Å²) in [5.41, 5.74) is 9.93. The van der Waals surface area contributed by atoms with Gasteiger partial charge in [-0.25, -0.2) is 4.98 Å². The molecule has 2 aromatic carbocycles. The molecule has 0 amide bonds. The van der Waals surface area contributed by atoms with E-state index in [0.29, 0.717) is 26.9 Å². The Labute approximate surface area is 164 Å². The molecule has 0 spiro atoms. The van der Waals surface area contributed by atoms with Crippen molar-refractivity contribution in [2.75, 3.05) is 5.73 Å². The van der Waals surface area contributed by atoms with Crippen molar-refractivity contribution in [3.63, 3.8) is 0 Å². The number of rotatable bonds is 2. The van der Waals surface area contributed by atoms with Crippen LogP contribution in [0.25, 0.3) is 22.4 Å². The first-order valence-electron chi connectivity index (χ1n) is 7.34. The van der Waals surface area contributed by atoms with Gasteiger partial charge in [0.25, 0.3) is 0 Å². The van der Waals surface area contributed by atoms with Gasteiger partial charge in [-0.1, -0.05) is 57.3 Å². The molecule has 1 heterocycles. The lowest BCUT2D eigenvalue weighted by Crippen LogP contribution is -2.03. The highest BCUT2D eigenvalue weighted by atomic mass is 79.9. The van der Waals surface area contributed by atoms with Crippen LogP contribution in [0, 0.1) is 18.3 Å². The molecule has 0 aliphatic heterocycles. The molecule has 0 saturated carbocycles. The highest BCUT2D eigenvalue weighted by Gasteiger charge is 2.21. The number of nitrogens with two attached hydrogens (primary N) is 1. The fraction of sp³-hybridized carbons (Fsp3) is 0.0526.